The van der Waals surface area contributed by atoms with E-state index in [1.807, 2.05) is 12.1 Å². The average Bonchev–Trinajstić information content (AvgIpc) is 3.24. The van der Waals surface area contributed by atoms with Gasteiger partial charge in [-0.3, -0.25) is 9.78 Å². The van der Waals surface area contributed by atoms with Crippen molar-refractivity contribution in [2.45, 2.75) is 31.9 Å². The minimum absolute atomic E-state index is 0.0260. The molecule has 9 heteroatoms. The SMILES string of the molecule is CN1C(=O)C(NC(=O)n2cc(Cc3ccncc3)cn2)COc2ccc(C#CC(C)(C)O)cc21. The zero-order valence-electron chi connectivity index (χ0n) is 19.1. The van der Waals surface area contributed by atoms with Crippen molar-refractivity contribution in [3.05, 3.63) is 71.8 Å². The Morgan fingerprint density at radius 1 is 1.26 bits per heavy atom. The van der Waals surface area contributed by atoms with Gasteiger partial charge >= 0.3 is 6.03 Å². The highest BCUT2D eigenvalue weighted by molar-refractivity contribution is 6.00. The van der Waals surface area contributed by atoms with Crippen LogP contribution in [0.3, 0.4) is 0 Å². The first-order valence-corrected chi connectivity index (χ1v) is 10.7. The molecule has 4 rings (SSSR count). The lowest BCUT2D eigenvalue weighted by molar-refractivity contribution is -0.120. The van der Waals surface area contributed by atoms with Crippen molar-refractivity contribution in [3.63, 3.8) is 0 Å². The van der Waals surface area contributed by atoms with Gasteiger partial charge in [0.15, 0.2) is 0 Å². The normalized spacial score (nSPS) is 15.5. The largest absolute Gasteiger partial charge is 0.489 e. The van der Waals surface area contributed by atoms with Gasteiger partial charge in [-0.25, -0.2) is 4.79 Å². The summed E-state index contributed by atoms with van der Waals surface area (Å²) in [6.45, 7) is 3.16. The molecule has 1 atom stereocenters. The molecule has 1 aliphatic rings. The van der Waals surface area contributed by atoms with Crippen LogP contribution in [0.4, 0.5) is 10.5 Å². The number of ether oxygens (including phenoxy) is 1. The molecule has 9 nitrogen and oxygen atoms in total. The fourth-order valence-corrected chi connectivity index (χ4v) is 3.42. The van der Waals surface area contributed by atoms with Crippen molar-refractivity contribution in [1.29, 1.82) is 0 Å². The maximum atomic E-state index is 13.1. The van der Waals surface area contributed by atoms with Crippen molar-refractivity contribution < 1.29 is 19.4 Å². The van der Waals surface area contributed by atoms with Crippen LogP contribution in [0.2, 0.25) is 0 Å². The van der Waals surface area contributed by atoms with Gasteiger partial charge in [-0.05, 0) is 55.3 Å². The van der Waals surface area contributed by atoms with Gasteiger partial charge in [-0.1, -0.05) is 11.8 Å². The molecule has 0 radical (unpaired) electrons. The number of aliphatic hydroxyl groups is 1. The second-order valence-electron chi connectivity index (χ2n) is 8.53. The Morgan fingerprint density at radius 2 is 2.03 bits per heavy atom. The predicted octanol–water partition coefficient (Wildman–Crippen LogP) is 1.97. The number of carbonyl (C=O) groups excluding carboxylic acids is 2. The monoisotopic (exact) mass is 459 g/mol. The van der Waals surface area contributed by atoms with Gasteiger partial charge in [0.2, 0.25) is 0 Å². The van der Waals surface area contributed by atoms with Crippen LogP contribution in [0.1, 0.15) is 30.5 Å². The molecular formula is C25H25N5O4. The Hall–Kier alpha value is -4.16. The topological polar surface area (TPSA) is 110 Å². The minimum Gasteiger partial charge on any atom is -0.489 e. The molecule has 174 valence electrons. The Bertz CT molecular complexity index is 1270. The maximum absolute atomic E-state index is 13.1. The molecule has 3 aromatic rings. The molecule has 0 aliphatic carbocycles. The molecule has 0 fully saturated rings. The van der Waals surface area contributed by atoms with E-state index in [9.17, 15) is 14.7 Å². The first-order chi connectivity index (χ1) is 16.2. The zero-order valence-corrected chi connectivity index (χ0v) is 19.1. The zero-order chi connectivity index (χ0) is 24.3. The molecule has 0 saturated carbocycles. The van der Waals surface area contributed by atoms with E-state index in [0.717, 1.165) is 11.1 Å². The number of aromatic nitrogens is 3. The summed E-state index contributed by atoms with van der Waals surface area (Å²) in [6.07, 6.45) is 7.27. The maximum Gasteiger partial charge on any atom is 0.342 e. The molecule has 2 aromatic heterocycles. The highest BCUT2D eigenvalue weighted by Crippen LogP contribution is 2.31. The number of pyridine rings is 1. The third kappa shape index (κ3) is 5.42. The highest BCUT2D eigenvalue weighted by atomic mass is 16.5. The molecule has 0 spiro atoms. The lowest BCUT2D eigenvalue weighted by atomic mass is 10.1. The second kappa shape index (κ2) is 9.37. The molecular weight excluding hydrogens is 434 g/mol. The molecule has 1 unspecified atom stereocenters. The van der Waals surface area contributed by atoms with Gasteiger partial charge in [0, 0.05) is 37.6 Å². The van der Waals surface area contributed by atoms with Crippen molar-refractivity contribution in [2.75, 3.05) is 18.6 Å². The van der Waals surface area contributed by atoms with Gasteiger partial charge in [-0.2, -0.15) is 9.78 Å². The summed E-state index contributed by atoms with van der Waals surface area (Å²) in [5, 5.41) is 16.7. The molecule has 2 N–H and O–H groups in total. The highest BCUT2D eigenvalue weighted by Gasteiger charge is 2.31. The number of amides is 2. The van der Waals surface area contributed by atoms with E-state index < -0.39 is 17.7 Å². The van der Waals surface area contributed by atoms with Crippen molar-refractivity contribution in [3.8, 4) is 17.6 Å². The van der Waals surface area contributed by atoms with Crippen LogP contribution in [-0.4, -0.2) is 57.1 Å². The first kappa shape index (κ1) is 23.0. The van der Waals surface area contributed by atoms with E-state index in [-0.39, 0.29) is 12.5 Å². The van der Waals surface area contributed by atoms with Crippen molar-refractivity contribution in [2.24, 2.45) is 0 Å². The summed E-state index contributed by atoms with van der Waals surface area (Å²) in [5.74, 6) is 5.82. The fraction of sp³-hybridized carbons (Fsp3) is 0.280. The number of anilines is 1. The molecule has 34 heavy (non-hydrogen) atoms. The van der Waals surface area contributed by atoms with Crippen LogP contribution in [0, 0.1) is 11.8 Å². The summed E-state index contributed by atoms with van der Waals surface area (Å²) in [4.78, 5) is 31.3. The van der Waals surface area contributed by atoms with Gasteiger partial charge in [0.05, 0.1) is 11.9 Å². The van der Waals surface area contributed by atoms with E-state index in [2.05, 4.69) is 27.2 Å². The summed E-state index contributed by atoms with van der Waals surface area (Å²) in [5.41, 5.74) is 1.93. The number of likely N-dealkylation sites (N-methyl/N-ethyl adjacent to an activating group) is 1. The van der Waals surface area contributed by atoms with E-state index in [4.69, 9.17) is 4.74 Å². The lowest BCUT2D eigenvalue weighted by Gasteiger charge is -2.20. The number of nitrogens with one attached hydrogen (secondary N) is 1. The number of benzene rings is 1. The minimum atomic E-state index is -1.13. The Labute approximate surface area is 197 Å². The number of fused-ring (bicyclic) bond motifs is 1. The van der Waals surface area contributed by atoms with E-state index in [1.165, 1.54) is 9.58 Å². The third-order valence-electron chi connectivity index (χ3n) is 5.17. The molecule has 1 aliphatic heterocycles. The van der Waals surface area contributed by atoms with Crippen LogP contribution < -0.4 is 15.0 Å². The second-order valence-corrected chi connectivity index (χ2v) is 8.53. The van der Waals surface area contributed by atoms with Crippen LogP contribution in [-0.2, 0) is 11.2 Å². The van der Waals surface area contributed by atoms with Gasteiger partial charge in [0.25, 0.3) is 5.91 Å². The van der Waals surface area contributed by atoms with E-state index in [1.54, 1.807) is 63.9 Å². The molecule has 0 saturated heterocycles. The van der Waals surface area contributed by atoms with Gasteiger partial charge in [-0.15, -0.1) is 0 Å². The number of rotatable bonds is 3. The van der Waals surface area contributed by atoms with Gasteiger partial charge < -0.3 is 20.1 Å². The molecule has 2 amide bonds. The van der Waals surface area contributed by atoms with Crippen molar-refractivity contribution in [1.82, 2.24) is 20.1 Å². The predicted molar refractivity (Wildman–Crippen MR) is 126 cm³/mol. The number of hydrogen-bond acceptors (Lipinski definition) is 6. The summed E-state index contributed by atoms with van der Waals surface area (Å²) >= 11 is 0. The average molecular weight is 460 g/mol. The first-order valence-electron chi connectivity index (χ1n) is 10.7. The summed E-state index contributed by atoms with van der Waals surface area (Å²) in [6, 6.07) is 7.55. The van der Waals surface area contributed by atoms with Crippen LogP contribution in [0.25, 0.3) is 0 Å². The Kier molecular flexibility index (Phi) is 6.34. The Morgan fingerprint density at radius 3 is 2.76 bits per heavy atom. The van der Waals surface area contributed by atoms with Crippen LogP contribution in [0.5, 0.6) is 5.75 Å². The Balaban J connectivity index is 1.46. The standard InChI is InChI=1S/C25H25N5O4/c1-25(2,33)9-6-17-4-5-22-21(13-17)29(3)23(31)20(16-34-22)28-24(32)30-15-19(14-27-30)12-18-7-10-26-11-8-18/h4-5,7-8,10-11,13-15,20,33H,12,16H2,1-3H3,(H,28,32). The van der Waals surface area contributed by atoms with Crippen LogP contribution in [0.15, 0.2) is 55.1 Å². The molecule has 3 heterocycles. The van der Waals surface area contributed by atoms with E-state index in [0.29, 0.717) is 23.4 Å². The number of hydrogen-bond donors (Lipinski definition) is 2. The fourth-order valence-electron chi connectivity index (χ4n) is 3.42. The van der Waals surface area contributed by atoms with Crippen LogP contribution >= 0.6 is 0 Å². The smallest absolute Gasteiger partial charge is 0.342 e. The lowest BCUT2D eigenvalue weighted by Crippen LogP contribution is -2.50. The third-order valence-corrected chi connectivity index (χ3v) is 5.17. The van der Waals surface area contributed by atoms with Gasteiger partial charge in [0.1, 0.15) is 24.0 Å². The van der Waals surface area contributed by atoms with Crippen molar-refractivity contribution >= 4 is 17.6 Å². The summed E-state index contributed by atoms with van der Waals surface area (Å²) in [7, 11) is 1.61. The number of nitrogens with zero attached hydrogens (tertiary/aromatic N) is 4. The van der Waals surface area contributed by atoms with E-state index >= 15 is 0 Å². The quantitative estimate of drug-likeness (QED) is 0.580. The molecule has 0 bridgehead atoms. The number of carbonyl (C=O) groups is 2. The summed E-state index contributed by atoms with van der Waals surface area (Å²) < 4.78 is 6.99. The molecule has 1 aromatic carbocycles.